The summed E-state index contributed by atoms with van der Waals surface area (Å²) in [5, 5.41) is 2.70. The standard InChI is InChI=1S/C16H18N2O3/c1-9(2)11-5-7-12-14(8-11)21-16(20)18(12)13-6-4-10(3)17-15(13)19/h5,7-9,13H,3-4,6H2,1-2H3,(H,17,19)/t13-/m0/s1. The van der Waals surface area contributed by atoms with Gasteiger partial charge in [-0.05, 0) is 36.5 Å². The van der Waals surface area contributed by atoms with E-state index in [1.165, 1.54) is 4.57 Å². The minimum Gasteiger partial charge on any atom is -0.408 e. The molecule has 1 amide bonds. The Labute approximate surface area is 122 Å². The average molecular weight is 286 g/mol. The van der Waals surface area contributed by atoms with Crippen LogP contribution in [-0.2, 0) is 4.79 Å². The SMILES string of the molecule is C=C1CC[C@H](n2c(=O)oc3cc(C(C)C)ccc32)C(=O)N1. The second kappa shape index (κ2) is 4.91. The first kappa shape index (κ1) is 13.7. The largest absolute Gasteiger partial charge is 0.420 e. The van der Waals surface area contributed by atoms with Crippen LogP contribution in [0.5, 0.6) is 0 Å². The molecule has 0 saturated carbocycles. The summed E-state index contributed by atoms with van der Waals surface area (Å²) in [5.41, 5.74) is 2.99. The molecule has 5 nitrogen and oxygen atoms in total. The molecule has 0 radical (unpaired) electrons. The molecule has 1 aromatic carbocycles. The molecule has 1 fully saturated rings. The maximum absolute atomic E-state index is 12.1. The number of nitrogens with one attached hydrogen (secondary N) is 1. The quantitative estimate of drug-likeness (QED) is 0.923. The summed E-state index contributed by atoms with van der Waals surface area (Å²) in [6.45, 7) is 7.91. The van der Waals surface area contributed by atoms with Crippen molar-refractivity contribution in [2.24, 2.45) is 0 Å². The maximum atomic E-state index is 12.1. The number of hydrogen-bond donors (Lipinski definition) is 1. The fourth-order valence-corrected chi connectivity index (χ4v) is 2.72. The highest BCUT2D eigenvalue weighted by atomic mass is 16.4. The van der Waals surface area contributed by atoms with E-state index in [-0.39, 0.29) is 5.91 Å². The zero-order valence-corrected chi connectivity index (χ0v) is 12.2. The van der Waals surface area contributed by atoms with Gasteiger partial charge < -0.3 is 9.73 Å². The first-order chi connectivity index (χ1) is 9.97. The molecule has 1 aliphatic heterocycles. The van der Waals surface area contributed by atoms with Gasteiger partial charge in [0.05, 0.1) is 5.52 Å². The summed E-state index contributed by atoms with van der Waals surface area (Å²) in [7, 11) is 0. The van der Waals surface area contributed by atoms with E-state index in [1.807, 2.05) is 18.2 Å². The third-order valence-electron chi connectivity index (χ3n) is 3.94. The molecular formula is C16H18N2O3. The van der Waals surface area contributed by atoms with Crippen molar-refractivity contribution in [3.63, 3.8) is 0 Å². The smallest absolute Gasteiger partial charge is 0.408 e. The molecule has 1 aromatic heterocycles. The Kier molecular flexibility index (Phi) is 3.20. The van der Waals surface area contributed by atoms with Gasteiger partial charge >= 0.3 is 5.76 Å². The molecule has 2 heterocycles. The molecule has 5 heteroatoms. The van der Waals surface area contributed by atoms with Crippen LogP contribution in [0.3, 0.4) is 0 Å². The normalized spacial score (nSPS) is 19.3. The lowest BCUT2D eigenvalue weighted by Gasteiger charge is -2.23. The van der Waals surface area contributed by atoms with Crippen LogP contribution >= 0.6 is 0 Å². The molecule has 1 N–H and O–H groups in total. The van der Waals surface area contributed by atoms with Gasteiger partial charge in [0.25, 0.3) is 0 Å². The molecule has 0 bridgehead atoms. The number of fused-ring (bicyclic) bond motifs is 1. The van der Waals surface area contributed by atoms with Crippen LogP contribution in [0.2, 0.25) is 0 Å². The minimum absolute atomic E-state index is 0.205. The number of carbonyl (C=O) groups is 1. The molecule has 2 aromatic rings. The van der Waals surface area contributed by atoms with Crippen molar-refractivity contribution < 1.29 is 9.21 Å². The third kappa shape index (κ3) is 2.28. The number of benzene rings is 1. The number of piperidine rings is 1. The van der Waals surface area contributed by atoms with Gasteiger partial charge in [0.15, 0.2) is 5.58 Å². The highest BCUT2D eigenvalue weighted by molar-refractivity contribution is 5.85. The van der Waals surface area contributed by atoms with E-state index in [1.54, 1.807) is 0 Å². The molecule has 110 valence electrons. The summed E-state index contributed by atoms with van der Waals surface area (Å²) in [4.78, 5) is 24.2. The fourth-order valence-electron chi connectivity index (χ4n) is 2.72. The van der Waals surface area contributed by atoms with Crippen molar-refractivity contribution in [2.75, 3.05) is 0 Å². The van der Waals surface area contributed by atoms with Crippen LogP contribution < -0.4 is 11.1 Å². The second-order valence-corrected chi connectivity index (χ2v) is 5.77. The van der Waals surface area contributed by atoms with Crippen LogP contribution in [0, 0.1) is 0 Å². The number of aromatic nitrogens is 1. The van der Waals surface area contributed by atoms with Crippen LogP contribution in [0.25, 0.3) is 11.1 Å². The van der Waals surface area contributed by atoms with E-state index in [0.717, 1.165) is 5.56 Å². The molecular weight excluding hydrogens is 268 g/mol. The molecule has 21 heavy (non-hydrogen) atoms. The fraction of sp³-hybridized carbons (Fsp3) is 0.375. The topological polar surface area (TPSA) is 64.2 Å². The predicted molar refractivity (Wildman–Crippen MR) is 80.1 cm³/mol. The van der Waals surface area contributed by atoms with Crippen molar-refractivity contribution in [3.05, 3.63) is 46.6 Å². The van der Waals surface area contributed by atoms with Gasteiger partial charge in [-0.25, -0.2) is 4.79 Å². The monoisotopic (exact) mass is 286 g/mol. The highest BCUT2D eigenvalue weighted by Gasteiger charge is 2.29. The zero-order chi connectivity index (χ0) is 15.1. The summed E-state index contributed by atoms with van der Waals surface area (Å²) >= 11 is 0. The van der Waals surface area contributed by atoms with Crippen LogP contribution in [0.4, 0.5) is 0 Å². The molecule has 0 spiro atoms. The van der Waals surface area contributed by atoms with Gasteiger partial charge in [-0.3, -0.25) is 9.36 Å². The van der Waals surface area contributed by atoms with Crippen molar-refractivity contribution in [1.82, 2.24) is 9.88 Å². The van der Waals surface area contributed by atoms with Crippen molar-refractivity contribution >= 4 is 17.0 Å². The van der Waals surface area contributed by atoms with Gasteiger partial charge in [0, 0.05) is 5.70 Å². The molecule has 0 aliphatic carbocycles. The average Bonchev–Trinajstić information content (AvgIpc) is 2.74. The van der Waals surface area contributed by atoms with Crippen LogP contribution in [0.15, 0.2) is 39.7 Å². The van der Waals surface area contributed by atoms with Crippen LogP contribution in [-0.4, -0.2) is 10.5 Å². The number of carbonyl (C=O) groups excluding carboxylic acids is 1. The van der Waals surface area contributed by atoms with Crippen molar-refractivity contribution in [3.8, 4) is 0 Å². The number of nitrogens with zero attached hydrogens (tertiary/aromatic N) is 1. The molecule has 1 aliphatic rings. The summed E-state index contributed by atoms with van der Waals surface area (Å²) < 4.78 is 6.77. The lowest BCUT2D eigenvalue weighted by molar-refractivity contribution is -0.124. The van der Waals surface area contributed by atoms with E-state index in [2.05, 4.69) is 25.7 Å². The summed E-state index contributed by atoms with van der Waals surface area (Å²) in [6.07, 6.45) is 1.23. The molecule has 0 unspecified atom stereocenters. The maximum Gasteiger partial charge on any atom is 0.420 e. The van der Waals surface area contributed by atoms with Gasteiger partial charge in [-0.15, -0.1) is 0 Å². The van der Waals surface area contributed by atoms with Gasteiger partial charge in [0.2, 0.25) is 5.91 Å². The predicted octanol–water partition coefficient (Wildman–Crippen LogP) is 2.68. The van der Waals surface area contributed by atoms with Crippen molar-refractivity contribution in [1.29, 1.82) is 0 Å². The number of amides is 1. The Hall–Kier alpha value is -2.30. The number of hydrogen-bond acceptors (Lipinski definition) is 3. The third-order valence-corrected chi connectivity index (χ3v) is 3.94. The molecule has 3 rings (SSSR count). The van der Waals surface area contributed by atoms with Gasteiger partial charge in [-0.1, -0.05) is 26.5 Å². The van der Waals surface area contributed by atoms with E-state index in [9.17, 15) is 9.59 Å². The van der Waals surface area contributed by atoms with E-state index >= 15 is 0 Å². The highest BCUT2D eigenvalue weighted by Crippen LogP contribution is 2.27. The Morgan fingerprint density at radius 1 is 1.38 bits per heavy atom. The summed E-state index contributed by atoms with van der Waals surface area (Å²) in [5.74, 6) is -0.341. The Bertz CT molecular complexity index is 782. The zero-order valence-electron chi connectivity index (χ0n) is 12.2. The summed E-state index contributed by atoms with van der Waals surface area (Å²) in [6, 6.07) is 5.16. The molecule has 1 atom stereocenters. The van der Waals surface area contributed by atoms with Crippen molar-refractivity contribution in [2.45, 2.75) is 38.6 Å². The first-order valence-corrected chi connectivity index (χ1v) is 7.11. The number of rotatable bonds is 2. The number of allylic oxidation sites excluding steroid dienone is 1. The molecule has 1 saturated heterocycles. The Morgan fingerprint density at radius 2 is 2.14 bits per heavy atom. The number of oxazole rings is 1. The second-order valence-electron chi connectivity index (χ2n) is 5.77. The minimum atomic E-state index is -0.533. The van der Waals surface area contributed by atoms with E-state index in [4.69, 9.17) is 4.42 Å². The van der Waals surface area contributed by atoms with E-state index in [0.29, 0.717) is 35.6 Å². The van der Waals surface area contributed by atoms with E-state index < -0.39 is 11.8 Å². The lowest BCUT2D eigenvalue weighted by atomic mass is 10.0. The Morgan fingerprint density at radius 3 is 2.81 bits per heavy atom. The Balaban J connectivity index is 2.11. The first-order valence-electron chi connectivity index (χ1n) is 7.11. The van der Waals surface area contributed by atoms with Gasteiger partial charge in [-0.2, -0.15) is 0 Å². The van der Waals surface area contributed by atoms with Crippen LogP contribution in [0.1, 0.15) is 44.2 Å². The lowest BCUT2D eigenvalue weighted by Crippen LogP contribution is -2.39. The van der Waals surface area contributed by atoms with Gasteiger partial charge in [0.1, 0.15) is 6.04 Å².